The molecule has 0 radical (unpaired) electrons. The molecule has 2 rings (SSSR count). The number of hydrogen-bond acceptors (Lipinski definition) is 2. The molecule has 0 amide bonds. The minimum absolute atomic E-state index is 0.217. The van der Waals surface area contributed by atoms with Crippen LogP contribution >= 0.6 is 11.6 Å². The Morgan fingerprint density at radius 3 is 2.53 bits per heavy atom. The highest BCUT2D eigenvalue weighted by molar-refractivity contribution is 6.30. The predicted octanol–water partition coefficient (Wildman–Crippen LogP) is 3.24. The lowest BCUT2D eigenvalue weighted by Gasteiger charge is -2.15. The molecular weight excluding hydrogens is 232 g/mol. The van der Waals surface area contributed by atoms with Crippen molar-refractivity contribution in [2.24, 2.45) is 0 Å². The molecule has 1 atom stereocenters. The fourth-order valence-electron chi connectivity index (χ4n) is 1.80. The summed E-state index contributed by atoms with van der Waals surface area (Å²) >= 11 is 5.84. The molecule has 1 unspecified atom stereocenters. The number of nitrogens with zero attached hydrogens (tertiary/aromatic N) is 1. The number of halogens is 1. The quantitative estimate of drug-likeness (QED) is 0.896. The minimum atomic E-state index is 0.217. The fraction of sp³-hybridized carbons (Fsp3) is 0.214. The largest absolute Gasteiger partial charge is 0.311 e. The van der Waals surface area contributed by atoms with Gasteiger partial charge >= 0.3 is 0 Å². The number of aromatic nitrogens is 1. The zero-order valence-corrected chi connectivity index (χ0v) is 10.5. The predicted molar refractivity (Wildman–Crippen MR) is 71.2 cm³/mol. The smallest absolute Gasteiger partial charge is 0.0589 e. The van der Waals surface area contributed by atoms with Gasteiger partial charge in [0.2, 0.25) is 0 Å². The van der Waals surface area contributed by atoms with Gasteiger partial charge in [0.05, 0.1) is 16.8 Å². The van der Waals surface area contributed by atoms with Crippen LogP contribution in [0.4, 0.5) is 0 Å². The normalized spacial score (nSPS) is 12.4. The van der Waals surface area contributed by atoms with Crippen LogP contribution in [0.1, 0.15) is 17.3 Å². The number of rotatable bonds is 4. The summed E-state index contributed by atoms with van der Waals surface area (Å²) in [4.78, 5) is 4.35. The van der Waals surface area contributed by atoms with Gasteiger partial charge in [-0.2, -0.15) is 0 Å². The van der Waals surface area contributed by atoms with Gasteiger partial charge in [0.1, 0.15) is 0 Å². The Hall–Kier alpha value is -1.38. The first-order chi connectivity index (χ1) is 8.29. The third kappa shape index (κ3) is 3.29. The topological polar surface area (TPSA) is 24.9 Å². The Bertz CT molecular complexity index is 453. The van der Waals surface area contributed by atoms with Crippen LogP contribution in [0, 0.1) is 0 Å². The first-order valence-corrected chi connectivity index (χ1v) is 6.00. The van der Waals surface area contributed by atoms with Crippen LogP contribution < -0.4 is 5.32 Å². The van der Waals surface area contributed by atoms with Gasteiger partial charge in [-0.25, -0.2) is 0 Å². The van der Waals surface area contributed by atoms with E-state index in [-0.39, 0.29) is 6.04 Å². The Morgan fingerprint density at radius 2 is 1.94 bits per heavy atom. The van der Waals surface area contributed by atoms with Gasteiger partial charge in [-0.3, -0.25) is 4.98 Å². The van der Waals surface area contributed by atoms with Gasteiger partial charge in [-0.1, -0.05) is 41.9 Å². The Morgan fingerprint density at radius 1 is 1.18 bits per heavy atom. The van der Waals surface area contributed by atoms with Gasteiger partial charge in [0, 0.05) is 6.20 Å². The molecular formula is C14H15ClN2. The van der Waals surface area contributed by atoms with Gasteiger partial charge in [0.15, 0.2) is 0 Å². The van der Waals surface area contributed by atoms with Crippen LogP contribution in [-0.4, -0.2) is 12.0 Å². The summed E-state index contributed by atoms with van der Waals surface area (Å²) in [7, 11) is 1.95. The van der Waals surface area contributed by atoms with Gasteiger partial charge in [-0.15, -0.1) is 0 Å². The molecule has 1 aromatic heterocycles. The SMILES string of the molecule is CNC(Cc1ccccc1)c1ccc(Cl)cn1. The number of benzene rings is 1. The van der Waals surface area contributed by atoms with Crippen LogP contribution in [0.5, 0.6) is 0 Å². The van der Waals surface area contributed by atoms with Crippen molar-refractivity contribution in [1.82, 2.24) is 10.3 Å². The van der Waals surface area contributed by atoms with Crippen molar-refractivity contribution in [2.45, 2.75) is 12.5 Å². The molecule has 0 saturated carbocycles. The summed E-state index contributed by atoms with van der Waals surface area (Å²) < 4.78 is 0. The molecule has 1 aromatic carbocycles. The maximum absolute atomic E-state index is 5.84. The number of hydrogen-bond donors (Lipinski definition) is 1. The molecule has 0 bridgehead atoms. The van der Waals surface area contributed by atoms with Crippen LogP contribution in [0.2, 0.25) is 5.02 Å². The standard InChI is InChI=1S/C14H15ClN2/c1-16-14(9-11-5-3-2-4-6-11)13-8-7-12(15)10-17-13/h2-8,10,14,16H,9H2,1H3. The van der Waals surface area contributed by atoms with Crippen molar-refractivity contribution in [1.29, 1.82) is 0 Å². The van der Waals surface area contributed by atoms with Crippen molar-refractivity contribution in [3.05, 3.63) is 64.9 Å². The second kappa shape index (κ2) is 5.80. The zero-order valence-electron chi connectivity index (χ0n) is 9.73. The van der Waals surface area contributed by atoms with Gasteiger partial charge in [0.25, 0.3) is 0 Å². The Balaban J connectivity index is 2.14. The van der Waals surface area contributed by atoms with Crippen molar-refractivity contribution < 1.29 is 0 Å². The van der Waals surface area contributed by atoms with E-state index in [2.05, 4.69) is 34.6 Å². The summed E-state index contributed by atoms with van der Waals surface area (Å²) in [6.07, 6.45) is 2.61. The summed E-state index contributed by atoms with van der Waals surface area (Å²) in [6.45, 7) is 0. The minimum Gasteiger partial charge on any atom is -0.311 e. The van der Waals surface area contributed by atoms with Crippen molar-refractivity contribution in [3.8, 4) is 0 Å². The number of pyridine rings is 1. The maximum Gasteiger partial charge on any atom is 0.0589 e. The monoisotopic (exact) mass is 246 g/mol. The lowest BCUT2D eigenvalue weighted by Crippen LogP contribution is -2.19. The fourth-order valence-corrected chi connectivity index (χ4v) is 1.91. The molecule has 1 N–H and O–H groups in total. The molecule has 1 heterocycles. The van der Waals surface area contributed by atoms with E-state index in [9.17, 15) is 0 Å². The highest BCUT2D eigenvalue weighted by Crippen LogP contribution is 2.17. The van der Waals surface area contributed by atoms with Gasteiger partial charge < -0.3 is 5.32 Å². The van der Waals surface area contributed by atoms with E-state index in [1.807, 2.05) is 25.2 Å². The van der Waals surface area contributed by atoms with Gasteiger partial charge in [-0.05, 0) is 31.2 Å². The molecule has 3 heteroatoms. The highest BCUT2D eigenvalue weighted by atomic mass is 35.5. The lowest BCUT2D eigenvalue weighted by molar-refractivity contribution is 0.576. The Kier molecular flexibility index (Phi) is 4.13. The van der Waals surface area contributed by atoms with Crippen LogP contribution in [-0.2, 0) is 6.42 Å². The summed E-state index contributed by atoms with van der Waals surface area (Å²) in [5.74, 6) is 0. The third-order valence-electron chi connectivity index (χ3n) is 2.74. The second-order valence-corrected chi connectivity index (χ2v) is 4.37. The van der Waals surface area contributed by atoms with Crippen LogP contribution in [0.15, 0.2) is 48.7 Å². The summed E-state index contributed by atoms with van der Waals surface area (Å²) in [5, 5.41) is 3.95. The number of likely N-dealkylation sites (N-methyl/N-ethyl adjacent to an activating group) is 1. The molecule has 0 spiro atoms. The lowest BCUT2D eigenvalue weighted by atomic mass is 10.0. The first kappa shape index (κ1) is 12.1. The maximum atomic E-state index is 5.84. The van der Waals surface area contributed by atoms with Crippen molar-refractivity contribution in [2.75, 3.05) is 7.05 Å². The molecule has 0 fully saturated rings. The van der Waals surface area contributed by atoms with Crippen molar-refractivity contribution in [3.63, 3.8) is 0 Å². The van der Waals surface area contributed by atoms with E-state index >= 15 is 0 Å². The first-order valence-electron chi connectivity index (χ1n) is 5.62. The molecule has 2 aromatic rings. The van der Waals surface area contributed by atoms with Crippen molar-refractivity contribution >= 4 is 11.6 Å². The van der Waals surface area contributed by atoms with Crippen LogP contribution in [0.3, 0.4) is 0 Å². The average molecular weight is 247 g/mol. The average Bonchev–Trinajstić information content (AvgIpc) is 2.38. The number of nitrogens with one attached hydrogen (secondary N) is 1. The summed E-state index contributed by atoms with van der Waals surface area (Å²) in [6, 6.07) is 14.4. The second-order valence-electron chi connectivity index (χ2n) is 3.93. The molecule has 17 heavy (non-hydrogen) atoms. The molecule has 0 saturated heterocycles. The molecule has 88 valence electrons. The van der Waals surface area contributed by atoms with Crippen LogP contribution in [0.25, 0.3) is 0 Å². The molecule has 0 aliphatic rings. The molecule has 0 aliphatic heterocycles. The van der Waals surface area contributed by atoms with E-state index in [0.29, 0.717) is 5.02 Å². The molecule has 0 aliphatic carbocycles. The van der Waals surface area contributed by atoms with E-state index in [1.165, 1.54) is 5.56 Å². The zero-order chi connectivity index (χ0) is 12.1. The highest BCUT2D eigenvalue weighted by Gasteiger charge is 2.10. The molecule has 2 nitrogen and oxygen atoms in total. The summed E-state index contributed by atoms with van der Waals surface area (Å²) in [5.41, 5.74) is 2.31. The van der Waals surface area contributed by atoms with E-state index in [4.69, 9.17) is 11.6 Å². The van der Waals surface area contributed by atoms with E-state index < -0.39 is 0 Å². The Labute approximate surface area is 107 Å². The third-order valence-corrected chi connectivity index (χ3v) is 2.96. The van der Waals surface area contributed by atoms with E-state index in [1.54, 1.807) is 6.20 Å². The van der Waals surface area contributed by atoms with E-state index in [0.717, 1.165) is 12.1 Å².